The zero-order valence-electron chi connectivity index (χ0n) is 12.6. The maximum absolute atomic E-state index is 12.2. The molecule has 0 saturated carbocycles. The number of nitrogens with one attached hydrogen (secondary N) is 2. The normalized spacial score (nSPS) is 10.2. The van der Waals surface area contributed by atoms with E-state index < -0.39 is 0 Å². The molecule has 0 aliphatic carbocycles. The zero-order chi connectivity index (χ0) is 16.7. The van der Waals surface area contributed by atoms with Gasteiger partial charge in [0.05, 0.1) is 5.56 Å². The molecular weight excluding hydrogens is 407 g/mol. The van der Waals surface area contributed by atoms with E-state index in [1.165, 1.54) is 7.11 Å². The van der Waals surface area contributed by atoms with Crippen LogP contribution in [-0.4, -0.2) is 25.5 Å². The van der Waals surface area contributed by atoms with E-state index in [2.05, 4.69) is 33.2 Å². The lowest BCUT2D eigenvalue weighted by molar-refractivity contribution is -0.119. The molecule has 5 nitrogen and oxygen atoms in total. The van der Waals surface area contributed by atoms with Crippen molar-refractivity contribution < 1.29 is 14.3 Å². The van der Waals surface area contributed by atoms with Crippen LogP contribution in [0.1, 0.15) is 15.9 Å². The van der Waals surface area contributed by atoms with Gasteiger partial charge < -0.3 is 15.4 Å². The number of benzene rings is 2. The van der Waals surface area contributed by atoms with Crippen LogP contribution in [0.15, 0.2) is 48.5 Å². The van der Waals surface area contributed by atoms with Gasteiger partial charge in [-0.2, -0.15) is 0 Å². The summed E-state index contributed by atoms with van der Waals surface area (Å²) in [4.78, 5) is 23.7. The van der Waals surface area contributed by atoms with Crippen LogP contribution >= 0.6 is 22.6 Å². The second kappa shape index (κ2) is 8.64. The van der Waals surface area contributed by atoms with E-state index in [9.17, 15) is 9.59 Å². The van der Waals surface area contributed by atoms with Gasteiger partial charge in [-0.3, -0.25) is 9.59 Å². The van der Waals surface area contributed by atoms with Crippen molar-refractivity contribution in [2.24, 2.45) is 0 Å². The Morgan fingerprint density at radius 3 is 2.65 bits per heavy atom. The number of halogens is 1. The highest BCUT2D eigenvalue weighted by Crippen LogP contribution is 2.13. The minimum atomic E-state index is -0.215. The molecule has 120 valence electrons. The van der Waals surface area contributed by atoms with E-state index in [1.54, 1.807) is 12.1 Å². The van der Waals surface area contributed by atoms with E-state index in [1.807, 2.05) is 36.4 Å². The molecule has 0 unspecified atom stereocenters. The molecule has 0 spiro atoms. The number of ether oxygens (including phenoxy) is 1. The smallest absolute Gasteiger partial charge is 0.252 e. The first-order valence-electron chi connectivity index (χ1n) is 7.00. The monoisotopic (exact) mass is 424 g/mol. The number of methoxy groups -OCH3 is 1. The van der Waals surface area contributed by atoms with Gasteiger partial charge in [-0.15, -0.1) is 0 Å². The second-order valence-corrected chi connectivity index (χ2v) is 6.01. The molecule has 2 aromatic carbocycles. The first kappa shape index (κ1) is 17.4. The van der Waals surface area contributed by atoms with Crippen molar-refractivity contribution in [2.75, 3.05) is 19.0 Å². The quantitative estimate of drug-likeness (QED) is 0.701. The van der Waals surface area contributed by atoms with Crippen LogP contribution in [0.4, 0.5) is 5.69 Å². The largest absolute Gasteiger partial charge is 0.375 e. The summed E-state index contributed by atoms with van der Waals surface area (Å²) < 4.78 is 5.68. The van der Waals surface area contributed by atoms with Crippen LogP contribution in [0.5, 0.6) is 0 Å². The van der Waals surface area contributed by atoms with Crippen LogP contribution in [0.3, 0.4) is 0 Å². The fraction of sp³-hybridized carbons (Fsp3) is 0.176. The molecule has 0 radical (unpaired) electrons. The third kappa shape index (κ3) is 5.33. The average Bonchev–Trinajstić information content (AvgIpc) is 2.53. The van der Waals surface area contributed by atoms with Gasteiger partial charge in [-0.1, -0.05) is 24.3 Å². The number of hydrogen-bond donors (Lipinski definition) is 2. The lowest BCUT2D eigenvalue weighted by Crippen LogP contribution is -2.23. The summed E-state index contributed by atoms with van der Waals surface area (Å²) in [5.41, 5.74) is 2.23. The average molecular weight is 424 g/mol. The Bertz CT molecular complexity index is 704. The molecule has 6 heteroatoms. The molecule has 0 aliphatic rings. The Kier molecular flexibility index (Phi) is 6.54. The van der Waals surface area contributed by atoms with Crippen molar-refractivity contribution in [1.82, 2.24) is 5.32 Å². The Balaban J connectivity index is 1.97. The van der Waals surface area contributed by atoms with E-state index in [0.717, 1.165) is 9.13 Å². The summed E-state index contributed by atoms with van der Waals surface area (Å²) in [6.45, 7) is 0.394. The number of rotatable bonds is 6. The lowest BCUT2D eigenvalue weighted by atomic mass is 10.1. The molecule has 0 bridgehead atoms. The Morgan fingerprint density at radius 2 is 1.91 bits per heavy atom. The van der Waals surface area contributed by atoms with Crippen LogP contribution in [0.25, 0.3) is 0 Å². The zero-order valence-corrected chi connectivity index (χ0v) is 14.8. The molecule has 0 heterocycles. The molecule has 2 amide bonds. The molecule has 23 heavy (non-hydrogen) atoms. The van der Waals surface area contributed by atoms with Crippen LogP contribution in [0.2, 0.25) is 0 Å². The summed E-state index contributed by atoms with van der Waals surface area (Å²) in [5, 5.41) is 5.61. The van der Waals surface area contributed by atoms with Gasteiger partial charge >= 0.3 is 0 Å². The molecule has 2 N–H and O–H groups in total. The Hall–Kier alpha value is -1.93. The number of carbonyl (C=O) groups is 2. The summed E-state index contributed by atoms with van der Waals surface area (Å²) in [7, 11) is 1.47. The second-order valence-electron chi connectivity index (χ2n) is 4.84. The van der Waals surface area contributed by atoms with Gasteiger partial charge in [0, 0.05) is 22.9 Å². The standard InChI is InChI=1S/C17H17IN2O3/c1-23-11-16(21)20-13-6-4-5-12(9-13)10-19-17(22)14-7-2-3-8-15(14)18/h2-9H,10-11H2,1H3,(H,19,22)(H,20,21). The number of anilines is 1. The number of amides is 2. The highest BCUT2D eigenvalue weighted by Gasteiger charge is 2.09. The van der Waals surface area contributed by atoms with Crippen LogP contribution in [-0.2, 0) is 16.1 Å². The summed E-state index contributed by atoms with van der Waals surface area (Å²) in [6.07, 6.45) is 0. The third-order valence-corrected chi connectivity index (χ3v) is 4.00. The fourth-order valence-electron chi connectivity index (χ4n) is 2.01. The topological polar surface area (TPSA) is 67.4 Å². The highest BCUT2D eigenvalue weighted by molar-refractivity contribution is 14.1. The van der Waals surface area contributed by atoms with Crippen LogP contribution < -0.4 is 10.6 Å². The molecule has 0 fully saturated rings. The summed E-state index contributed by atoms with van der Waals surface area (Å²) in [6, 6.07) is 14.7. The highest BCUT2D eigenvalue weighted by atomic mass is 127. The minimum absolute atomic E-state index is 0.00735. The number of carbonyl (C=O) groups excluding carboxylic acids is 2. The summed E-state index contributed by atoms with van der Waals surface area (Å²) in [5.74, 6) is -0.337. The molecular formula is C17H17IN2O3. The molecule has 0 aliphatic heterocycles. The van der Waals surface area contributed by atoms with Gasteiger partial charge in [-0.05, 0) is 52.4 Å². The molecule has 2 aromatic rings. The lowest BCUT2D eigenvalue weighted by Gasteiger charge is -2.09. The van der Waals surface area contributed by atoms with E-state index in [4.69, 9.17) is 4.74 Å². The molecule has 0 aromatic heterocycles. The number of hydrogen-bond acceptors (Lipinski definition) is 3. The fourth-order valence-corrected chi connectivity index (χ4v) is 2.64. The van der Waals surface area contributed by atoms with Gasteiger partial charge in [0.25, 0.3) is 5.91 Å². The van der Waals surface area contributed by atoms with E-state index in [0.29, 0.717) is 17.8 Å². The van der Waals surface area contributed by atoms with E-state index >= 15 is 0 Å². The molecule has 0 saturated heterocycles. The SMILES string of the molecule is COCC(=O)Nc1cccc(CNC(=O)c2ccccc2I)c1. The predicted molar refractivity (Wildman–Crippen MR) is 97.3 cm³/mol. The van der Waals surface area contributed by atoms with Crippen molar-refractivity contribution in [3.8, 4) is 0 Å². The van der Waals surface area contributed by atoms with Gasteiger partial charge in [0.2, 0.25) is 5.91 Å². The molecule has 2 rings (SSSR count). The van der Waals surface area contributed by atoms with Crippen molar-refractivity contribution >= 4 is 40.1 Å². The van der Waals surface area contributed by atoms with Gasteiger partial charge in [0.15, 0.2) is 0 Å². The Morgan fingerprint density at radius 1 is 1.13 bits per heavy atom. The first-order chi connectivity index (χ1) is 11.1. The third-order valence-electron chi connectivity index (χ3n) is 3.06. The van der Waals surface area contributed by atoms with Gasteiger partial charge in [0.1, 0.15) is 6.61 Å². The predicted octanol–water partition coefficient (Wildman–Crippen LogP) is 2.81. The summed E-state index contributed by atoms with van der Waals surface area (Å²) >= 11 is 2.14. The molecule has 0 atom stereocenters. The minimum Gasteiger partial charge on any atom is -0.375 e. The van der Waals surface area contributed by atoms with Crippen molar-refractivity contribution in [1.29, 1.82) is 0 Å². The maximum Gasteiger partial charge on any atom is 0.252 e. The van der Waals surface area contributed by atoms with Crippen molar-refractivity contribution in [3.05, 3.63) is 63.2 Å². The van der Waals surface area contributed by atoms with Crippen molar-refractivity contribution in [3.63, 3.8) is 0 Å². The van der Waals surface area contributed by atoms with Crippen LogP contribution in [0, 0.1) is 3.57 Å². The maximum atomic E-state index is 12.2. The van der Waals surface area contributed by atoms with Gasteiger partial charge in [-0.25, -0.2) is 0 Å². The van der Waals surface area contributed by atoms with Crippen molar-refractivity contribution in [2.45, 2.75) is 6.54 Å². The first-order valence-corrected chi connectivity index (χ1v) is 8.08. The Labute approximate surface area is 148 Å². The van der Waals surface area contributed by atoms with E-state index in [-0.39, 0.29) is 18.4 Å².